The molecule has 0 heterocycles. The molecule has 3 nitrogen and oxygen atoms in total. The van der Waals surface area contributed by atoms with E-state index < -0.39 is 0 Å². The number of hydrogen-bond acceptors (Lipinski definition) is 3. The summed E-state index contributed by atoms with van der Waals surface area (Å²) in [4.78, 5) is 1.65. The molecule has 98 valence electrons. The van der Waals surface area contributed by atoms with Crippen LogP contribution in [0.1, 0.15) is 5.56 Å². The lowest BCUT2D eigenvalue weighted by molar-refractivity contribution is 0.318. The molecule has 0 aliphatic heterocycles. The Hall–Kier alpha value is -1.36. The molecule has 2 rings (SSSR count). The van der Waals surface area contributed by atoms with E-state index in [9.17, 15) is 0 Å². The van der Waals surface area contributed by atoms with Gasteiger partial charge in [0.05, 0.1) is 15.6 Å². The first-order valence-corrected chi connectivity index (χ1v) is 6.89. The van der Waals surface area contributed by atoms with Gasteiger partial charge in [0.2, 0.25) is 0 Å². The first-order chi connectivity index (χ1) is 9.13. The summed E-state index contributed by atoms with van der Waals surface area (Å²) in [6.45, 7) is 0. The van der Waals surface area contributed by atoms with Crippen molar-refractivity contribution in [3.8, 4) is 0 Å². The highest BCUT2D eigenvalue weighted by atomic mass is 35.5. The van der Waals surface area contributed by atoms with Gasteiger partial charge in [-0.1, -0.05) is 58.3 Å². The number of nitrogens with zero attached hydrogens (tertiary/aromatic N) is 1. The first-order valence-electron chi connectivity index (χ1n) is 5.32. The van der Waals surface area contributed by atoms with Crippen LogP contribution in [0.3, 0.4) is 0 Å². The molecule has 0 aliphatic carbocycles. The van der Waals surface area contributed by atoms with E-state index in [0.717, 1.165) is 9.79 Å². The minimum Gasteiger partial charge on any atom is -0.409 e. The van der Waals surface area contributed by atoms with Crippen LogP contribution in [0.4, 0.5) is 0 Å². The van der Waals surface area contributed by atoms with Crippen molar-refractivity contribution in [2.75, 3.05) is 0 Å². The summed E-state index contributed by atoms with van der Waals surface area (Å²) in [5.74, 6) is -0.0276. The van der Waals surface area contributed by atoms with Crippen molar-refractivity contribution in [3.05, 3.63) is 58.1 Å². The molecule has 0 saturated carbocycles. The molecule has 0 amide bonds. The molecule has 0 unspecified atom stereocenters. The average molecular weight is 313 g/mol. The van der Waals surface area contributed by atoms with E-state index in [1.54, 1.807) is 18.2 Å². The van der Waals surface area contributed by atoms with Gasteiger partial charge in [0.15, 0.2) is 5.84 Å². The largest absolute Gasteiger partial charge is 0.409 e. The minimum atomic E-state index is -0.0276. The van der Waals surface area contributed by atoms with Crippen molar-refractivity contribution < 1.29 is 5.21 Å². The molecular weight excluding hydrogens is 303 g/mol. The summed E-state index contributed by atoms with van der Waals surface area (Å²) >= 11 is 13.6. The van der Waals surface area contributed by atoms with Gasteiger partial charge in [-0.05, 0) is 24.3 Å². The predicted octanol–water partition coefficient (Wildman–Crippen LogP) is 4.24. The monoisotopic (exact) mass is 312 g/mol. The Kier molecular flexibility index (Phi) is 4.58. The van der Waals surface area contributed by atoms with E-state index >= 15 is 0 Å². The van der Waals surface area contributed by atoms with E-state index in [4.69, 9.17) is 34.1 Å². The van der Waals surface area contributed by atoms with Crippen LogP contribution in [0.15, 0.2) is 57.4 Å². The molecule has 0 radical (unpaired) electrons. The maximum absolute atomic E-state index is 8.83. The van der Waals surface area contributed by atoms with Crippen LogP contribution in [0.5, 0.6) is 0 Å². The average Bonchev–Trinajstić information content (AvgIpc) is 2.41. The van der Waals surface area contributed by atoms with Gasteiger partial charge in [-0.15, -0.1) is 0 Å². The standard InChI is InChI=1S/C13H10Cl2N2OS/c14-8-4-1-2-6-10(8)19-11-7-3-5-9(15)12(11)13(16)17-18/h1-7,18H,(H2,16,17). The van der Waals surface area contributed by atoms with Crippen molar-refractivity contribution in [2.24, 2.45) is 10.9 Å². The van der Waals surface area contributed by atoms with E-state index in [2.05, 4.69) is 5.16 Å². The molecule has 0 saturated heterocycles. The van der Waals surface area contributed by atoms with Crippen molar-refractivity contribution >= 4 is 40.8 Å². The quantitative estimate of drug-likeness (QED) is 0.386. The van der Waals surface area contributed by atoms with Crippen LogP contribution < -0.4 is 5.73 Å². The number of halogens is 2. The highest BCUT2D eigenvalue weighted by molar-refractivity contribution is 7.99. The van der Waals surface area contributed by atoms with Crippen LogP contribution in [0.25, 0.3) is 0 Å². The molecule has 3 N–H and O–H groups in total. The number of amidine groups is 1. The van der Waals surface area contributed by atoms with Gasteiger partial charge in [0.1, 0.15) is 0 Å². The van der Waals surface area contributed by atoms with Gasteiger partial charge in [-0.3, -0.25) is 0 Å². The van der Waals surface area contributed by atoms with Crippen molar-refractivity contribution in [2.45, 2.75) is 9.79 Å². The Morgan fingerprint density at radius 3 is 2.32 bits per heavy atom. The lowest BCUT2D eigenvalue weighted by Crippen LogP contribution is -2.14. The van der Waals surface area contributed by atoms with E-state index in [1.165, 1.54) is 11.8 Å². The summed E-state index contributed by atoms with van der Waals surface area (Å²) in [6.07, 6.45) is 0. The second-order valence-electron chi connectivity index (χ2n) is 3.63. The minimum absolute atomic E-state index is 0.0276. The van der Waals surface area contributed by atoms with Crippen molar-refractivity contribution in [1.82, 2.24) is 0 Å². The van der Waals surface area contributed by atoms with Gasteiger partial charge < -0.3 is 10.9 Å². The van der Waals surface area contributed by atoms with E-state index in [1.807, 2.05) is 24.3 Å². The van der Waals surface area contributed by atoms with Crippen LogP contribution >= 0.6 is 35.0 Å². The molecule has 0 atom stereocenters. The van der Waals surface area contributed by atoms with E-state index in [0.29, 0.717) is 15.6 Å². The molecule has 0 fully saturated rings. The molecule has 2 aromatic carbocycles. The zero-order valence-electron chi connectivity index (χ0n) is 9.68. The molecule has 0 spiro atoms. The summed E-state index contributed by atoms with van der Waals surface area (Å²) in [7, 11) is 0. The van der Waals surface area contributed by atoms with Gasteiger partial charge in [0.25, 0.3) is 0 Å². The van der Waals surface area contributed by atoms with Crippen molar-refractivity contribution in [3.63, 3.8) is 0 Å². The molecule has 2 aromatic rings. The third-order valence-corrected chi connectivity index (χ3v) is 4.29. The second kappa shape index (κ2) is 6.19. The normalized spacial score (nSPS) is 11.6. The zero-order chi connectivity index (χ0) is 13.8. The van der Waals surface area contributed by atoms with E-state index in [-0.39, 0.29) is 5.84 Å². The fraction of sp³-hybridized carbons (Fsp3) is 0. The molecule has 0 aromatic heterocycles. The van der Waals surface area contributed by atoms with Crippen LogP contribution in [0, 0.1) is 0 Å². The third kappa shape index (κ3) is 3.15. The highest BCUT2D eigenvalue weighted by Gasteiger charge is 2.13. The zero-order valence-corrected chi connectivity index (χ0v) is 12.0. The Morgan fingerprint density at radius 1 is 1.00 bits per heavy atom. The lowest BCUT2D eigenvalue weighted by Gasteiger charge is -2.10. The number of hydrogen-bond donors (Lipinski definition) is 2. The van der Waals surface area contributed by atoms with Crippen LogP contribution in [-0.4, -0.2) is 11.0 Å². The van der Waals surface area contributed by atoms with Gasteiger partial charge in [0, 0.05) is 9.79 Å². The summed E-state index contributed by atoms with van der Waals surface area (Å²) < 4.78 is 0. The number of oxime groups is 1. The second-order valence-corrected chi connectivity index (χ2v) is 5.53. The summed E-state index contributed by atoms with van der Waals surface area (Å²) in [5.41, 5.74) is 6.15. The molecule has 0 aliphatic rings. The Bertz CT molecular complexity index is 632. The third-order valence-electron chi connectivity index (χ3n) is 2.40. The predicted molar refractivity (Wildman–Crippen MR) is 79.5 cm³/mol. The Labute approximate surface area is 125 Å². The highest BCUT2D eigenvalue weighted by Crippen LogP contribution is 2.36. The lowest BCUT2D eigenvalue weighted by atomic mass is 10.2. The maximum atomic E-state index is 8.83. The smallest absolute Gasteiger partial charge is 0.172 e. The number of rotatable bonds is 3. The van der Waals surface area contributed by atoms with Crippen LogP contribution in [0.2, 0.25) is 10.0 Å². The molecular formula is C13H10Cl2N2OS. The molecule has 19 heavy (non-hydrogen) atoms. The van der Waals surface area contributed by atoms with Gasteiger partial charge >= 0.3 is 0 Å². The fourth-order valence-electron chi connectivity index (χ4n) is 1.53. The molecule has 6 heteroatoms. The molecule has 0 bridgehead atoms. The van der Waals surface area contributed by atoms with Gasteiger partial charge in [-0.25, -0.2) is 0 Å². The number of benzene rings is 2. The van der Waals surface area contributed by atoms with Crippen LogP contribution in [-0.2, 0) is 0 Å². The summed E-state index contributed by atoms with van der Waals surface area (Å²) in [6, 6.07) is 12.8. The SMILES string of the molecule is NC(=NO)c1c(Cl)cccc1Sc1ccccc1Cl. The van der Waals surface area contributed by atoms with Crippen molar-refractivity contribution in [1.29, 1.82) is 0 Å². The summed E-state index contributed by atoms with van der Waals surface area (Å²) in [5, 5.41) is 12.9. The maximum Gasteiger partial charge on any atom is 0.172 e. The Balaban J connectivity index is 2.47. The first kappa shape index (κ1) is 14.1. The fourth-order valence-corrected chi connectivity index (χ4v) is 3.13. The number of nitrogens with two attached hydrogens (primary N) is 1. The topological polar surface area (TPSA) is 58.6 Å². The Morgan fingerprint density at radius 2 is 1.63 bits per heavy atom. The van der Waals surface area contributed by atoms with Gasteiger partial charge in [-0.2, -0.15) is 0 Å².